The molecule has 0 heterocycles. The molecule has 1 rings (SSSR count). The number of halogens is 1. The zero-order valence-corrected chi connectivity index (χ0v) is 12.3. The summed E-state index contributed by atoms with van der Waals surface area (Å²) in [6.45, 7) is 4.36. The van der Waals surface area contributed by atoms with Crippen LogP contribution in [0.2, 0.25) is 0 Å². The number of aliphatic carboxylic acids is 1. The van der Waals surface area contributed by atoms with Crippen molar-refractivity contribution in [3.8, 4) is 0 Å². The van der Waals surface area contributed by atoms with Gasteiger partial charge in [0.15, 0.2) is 0 Å². The molecule has 22 heavy (non-hydrogen) atoms. The van der Waals surface area contributed by atoms with E-state index in [1.54, 1.807) is 6.08 Å². The smallest absolute Gasteiger partial charge is 0.312 e. The number of benzene rings is 1. The van der Waals surface area contributed by atoms with Crippen LogP contribution in [0.3, 0.4) is 0 Å². The Morgan fingerprint density at radius 1 is 1.36 bits per heavy atom. The Morgan fingerprint density at radius 3 is 2.64 bits per heavy atom. The minimum Gasteiger partial charge on any atom is -0.481 e. The van der Waals surface area contributed by atoms with E-state index in [0.29, 0.717) is 25.2 Å². The fourth-order valence-electron chi connectivity index (χ4n) is 1.85. The maximum Gasteiger partial charge on any atom is 0.312 e. The van der Waals surface area contributed by atoms with Crippen molar-refractivity contribution in [2.24, 2.45) is 0 Å². The Hall–Kier alpha value is -2.21. The van der Waals surface area contributed by atoms with E-state index in [1.165, 1.54) is 24.3 Å². The summed E-state index contributed by atoms with van der Waals surface area (Å²) >= 11 is 0. The topological polar surface area (TPSA) is 75.6 Å². The molecule has 0 saturated carbocycles. The number of amides is 1. The lowest BCUT2D eigenvalue weighted by atomic mass is 9.99. The zero-order valence-electron chi connectivity index (χ0n) is 12.3. The minimum absolute atomic E-state index is 0.0344. The first kappa shape index (κ1) is 17.8. The van der Waals surface area contributed by atoms with E-state index in [0.717, 1.165) is 0 Å². The van der Waals surface area contributed by atoms with Gasteiger partial charge in [-0.15, -0.1) is 6.58 Å². The largest absolute Gasteiger partial charge is 0.481 e. The molecule has 0 aromatic heterocycles. The SMILES string of the molecule is C=CCOCCCC(=O)NCC(C(=O)O)c1ccc(F)cc1. The predicted octanol–water partition coefficient (Wildman–Crippen LogP) is 2.09. The summed E-state index contributed by atoms with van der Waals surface area (Å²) in [4.78, 5) is 22.9. The lowest BCUT2D eigenvalue weighted by Crippen LogP contribution is -2.31. The molecule has 1 aromatic carbocycles. The molecular weight excluding hydrogens is 289 g/mol. The minimum atomic E-state index is -1.07. The maximum atomic E-state index is 12.9. The third-order valence-corrected chi connectivity index (χ3v) is 3.00. The van der Waals surface area contributed by atoms with Crippen LogP contribution >= 0.6 is 0 Å². The average Bonchev–Trinajstić information content (AvgIpc) is 2.48. The number of ether oxygens (including phenoxy) is 1. The Kier molecular flexibility index (Phi) is 7.85. The summed E-state index contributed by atoms with van der Waals surface area (Å²) in [5, 5.41) is 11.8. The van der Waals surface area contributed by atoms with Crippen molar-refractivity contribution in [1.82, 2.24) is 5.32 Å². The third kappa shape index (κ3) is 6.49. The van der Waals surface area contributed by atoms with E-state index >= 15 is 0 Å². The highest BCUT2D eigenvalue weighted by molar-refractivity contribution is 5.79. The molecule has 1 atom stereocenters. The van der Waals surface area contributed by atoms with Gasteiger partial charge in [0.1, 0.15) is 5.82 Å². The monoisotopic (exact) mass is 309 g/mol. The summed E-state index contributed by atoms with van der Waals surface area (Å²) in [6, 6.07) is 5.21. The first-order chi connectivity index (χ1) is 10.5. The van der Waals surface area contributed by atoms with Gasteiger partial charge in [-0.05, 0) is 24.1 Å². The van der Waals surface area contributed by atoms with Crippen molar-refractivity contribution in [3.63, 3.8) is 0 Å². The van der Waals surface area contributed by atoms with Gasteiger partial charge in [0.25, 0.3) is 0 Å². The van der Waals surface area contributed by atoms with E-state index < -0.39 is 17.7 Å². The van der Waals surface area contributed by atoms with Gasteiger partial charge in [-0.1, -0.05) is 18.2 Å². The molecule has 0 saturated heterocycles. The fraction of sp³-hybridized carbons (Fsp3) is 0.375. The quantitative estimate of drug-likeness (QED) is 0.512. The second kappa shape index (κ2) is 9.68. The highest BCUT2D eigenvalue weighted by atomic mass is 19.1. The van der Waals surface area contributed by atoms with Crippen molar-refractivity contribution in [3.05, 3.63) is 48.3 Å². The number of nitrogens with one attached hydrogen (secondary N) is 1. The highest BCUT2D eigenvalue weighted by Gasteiger charge is 2.20. The number of carbonyl (C=O) groups is 2. The molecule has 0 fully saturated rings. The van der Waals surface area contributed by atoms with Crippen LogP contribution in [0.4, 0.5) is 4.39 Å². The van der Waals surface area contributed by atoms with E-state index in [-0.39, 0.29) is 18.9 Å². The van der Waals surface area contributed by atoms with Gasteiger partial charge in [0, 0.05) is 19.6 Å². The summed E-state index contributed by atoms with van der Waals surface area (Å²) in [6.07, 6.45) is 2.43. The first-order valence-electron chi connectivity index (χ1n) is 6.98. The van der Waals surface area contributed by atoms with E-state index in [4.69, 9.17) is 4.74 Å². The van der Waals surface area contributed by atoms with Gasteiger partial charge in [0.2, 0.25) is 5.91 Å². The van der Waals surface area contributed by atoms with Gasteiger partial charge >= 0.3 is 5.97 Å². The van der Waals surface area contributed by atoms with Crippen LogP contribution in [-0.4, -0.2) is 36.7 Å². The van der Waals surface area contributed by atoms with Crippen molar-refractivity contribution < 1.29 is 23.8 Å². The molecular formula is C16H20FNO4. The van der Waals surface area contributed by atoms with Crippen LogP contribution < -0.4 is 5.32 Å². The van der Waals surface area contributed by atoms with E-state index in [9.17, 15) is 19.1 Å². The van der Waals surface area contributed by atoms with Crippen LogP contribution in [0.15, 0.2) is 36.9 Å². The van der Waals surface area contributed by atoms with E-state index in [2.05, 4.69) is 11.9 Å². The molecule has 2 N–H and O–H groups in total. The Labute approximate surface area is 128 Å². The molecule has 5 nitrogen and oxygen atoms in total. The van der Waals surface area contributed by atoms with Crippen molar-refractivity contribution in [2.75, 3.05) is 19.8 Å². The Bertz CT molecular complexity index is 501. The second-order valence-corrected chi connectivity index (χ2v) is 4.71. The van der Waals surface area contributed by atoms with Crippen LogP contribution in [-0.2, 0) is 14.3 Å². The van der Waals surface area contributed by atoms with Crippen molar-refractivity contribution >= 4 is 11.9 Å². The van der Waals surface area contributed by atoms with Gasteiger partial charge in [-0.25, -0.2) is 4.39 Å². The molecule has 0 bridgehead atoms. The predicted molar refractivity (Wildman–Crippen MR) is 80.0 cm³/mol. The second-order valence-electron chi connectivity index (χ2n) is 4.71. The molecule has 0 spiro atoms. The van der Waals surface area contributed by atoms with Crippen LogP contribution in [0.5, 0.6) is 0 Å². The summed E-state index contributed by atoms with van der Waals surface area (Å²) < 4.78 is 18.0. The fourth-order valence-corrected chi connectivity index (χ4v) is 1.85. The molecule has 0 radical (unpaired) electrons. The van der Waals surface area contributed by atoms with Crippen LogP contribution in [0.1, 0.15) is 24.3 Å². The maximum absolute atomic E-state index is 12.9. The first-order valence-corrected chi connectivity index (χ1v) is 6.98. The Morgan fingerprint density at radius 2 is 2.05 bits per heavy atom. The lowest BCUT2D eigenvalue weighted by molar-refractivity contribution is -0.138. The summed E-state index contributed by atoms with van der Waals surface area (Å²) in [7, 11) is 0. The molecule has 0 aliphatic rings. The third-order valence-electron chi connectivity index (χ3n) is 3.00. The molecule has 1 unspecified atom stereocenters. The molecule has 120 valence electrons. The summed E-state index contributed by atoms with van der Waals surface area (Å²) in [5.41, 5.74) is 0.448. The number of hydrogen-bond acceptors (Lipinski definition) is 3. The van der Waals surface area contributed by atoms with Gasteiger partial charge in [-0.2, -0.15) is 0 Å². The molecule has 6 heteroatoms. The standard InChI is InChI=1S/C16H20FNO4/c1-2-9-22-10-3-4-15(19)18-11-14(16(20)21)12-5-7-13(17)8-6-12/h2,5-8,14H,1,3-4,9-11H2,(H,18,19)(H,20,21). The molecule has 0 aliphatic heterocycles. The molecule has 0 aliphatic carbocycles. The van der Waals surface area contributed by atoms with Gasteiger partial charge < -0.3 is 15.2 Å². The number of carboxylic acid groups (broad SMARTS) is 1. The lowest BCUT2D eigenvalue weighted by Gasteiger charge is -2.14. The summed E-state index contributed by atoms with van der Waals surface area (Å²) in [5.74, 6) is -2.64. The van der Waals surface area contributed by atoms with Crippen molar-refractivity contribution in [1.29, 1.82) is 0 Å². The Balaban J connectivity index is 2.41. The normalized spacial score (nSPS) is 11.7. The molecule has 1 aromatic rings. The zero-order chi connectivity index (χ0) is 16.4. The van der Waals surface area contributed by atoms with E-state index in [1.807, 2.05) is 0 Å². The number of rotatable bonds is 10. The highest BCUT2D eigenvalue weighted by Crippen LogP contribution is 2.16. The van der Waals surface area contributed by atoms with Gasteiger partial charge in [0.05, 0.1) is 12.5 Å². The number of carboxylic acids is 1. The van der Waals surface area contributed by atoms with Crippen LogP contribution in [0.25, 0.3) is 0 Å². The van der Waals surface area contributed by atoms with Crippen molar-refractivity contribution in [2.45, 2.75) is 18.8 Å². The number of carbonyl (C=O) groups excluding carboxylic acids is 1. The number of hydrogen-bond donors (Lipinski definition) is 2. The average molecular weight is 309 g/mol. The van der Waals surface area contributed by atoms with Gasteiger partial charge in [-0.3, -0.25) is 9.59 Å². The van der Waals surface area contributed by atoms with Crippen LogP contribution in [0, 0.1) is 5.82 Å². The molecule has 1 amide bonds.